The molecular weight excluding hydrogens is 382 g/mol. The molecule has 0 saturated carbocycles. The molecule has 0 bridgehead atoms. The lowest BCUT2D eigenvalue weighted by atomic mass is 9.91. The largest absolute Gasteiger partial charge is 0.327 e. The normalized spacial score (nSPS) is 21.3. The van der Waals surface area contributed by atoms with Gasteiger partial charge in [0.05, 0.1) is 29.3 Å². The summed E-state index contributed by atoms with van der Waals surface area (Å²) >= 11 is 0. The second kappa shape index (κ2) is 8.82. The predicted octanol–water partition coefficient (Wildman–Crippen LogP) is 3.97. The third-order valence-corrected chi connectivity index (χ3v) is 6.43. The zero-order chi connectivity index (χ0) is 18.9. The summed E-state index contributed by atoms with van der Waals surface area (Å²) in [6, 6.07) is 13.3. The van der Waals surface area contributed by atoms with E-state index >= 15 is 0 Å². The van der Waals surface area contributed by atoms with E-state index < -0.39 is 0 Å². The van der Waals surface area contributed by atoms with Crippen molar-refractivity contribution in [2.45, 2.75) is 44.8 Å². The van der Waals surface area contributed by atoms with E-state index in [0.717, 1.165) is 38.1 Å². The first kappa shape index (κ1) is 20.3. The van der Waals surface area contributed by atoms with E-state index in [1.165, 1.54) is 41.9 Å². The number of imidazole rings is 1. The highest BCUT2D eigenvalue weighted by molar-refractivity contribution is 5.85. The molecule has 2 atom stereocenters. The molecule has 1 saturated heterocycles. The molecule has 0 radical (unpaired) electrons. The molecule has 3 heterocycles. The molecule has 1 aliphatic carbocycles. The second-order valence-corrected chi connectivity index (χ2v) is 8.36. The van der Waals surface area contributed by atoms with Gasteiger partial charge in [-0.3, -0.25) is 9.88 Å². The number of fused-ring (bicyclic) bond motifs is 2. The van der Waals surface area contributed by atoms with E-state index in [4.69, 9.17) is 9.97 Å². The van der Waals surface area contributed by atoms with E-state index in [-0.39, 0.29) is 12.4 Å². The standard InChI is InChI=1S/C23H29N5.ClH/c1-27(21-10-4-6-18-7-5-12-25-23(18)21)16-22-26-19-8-2-3-9-20(19)28(22)15-17-11-13-24-14-17;/h2-3,5,7-9,12,17,21,24H,4,6,10-11,13-16H2,1H3;1H. The minimum Gasteiger partial charge on any atom is -0.327 e. The van der Waals surface area contributed by atoms with Gasteiger partial charge in [-0.05, 0) is 75.5 Å². The number of nitrogens with one attached hydrogen (secondary N) is 1. The van der Waals surface area contributed by atoms with Crippen molar-refractivity contribution in [3.05, 3.63) is 59.7 Å². The Hall–Kier alpha value is -1.95. The molecule has 2 aromatic heterocycles. The smallest absolute Gasteiger partial charge is 0.124 e. The van der Waals surface area contributed by atoms with Crippen LogP contribution in [0.2, 0.25) is 0 Å². The molecule has 29 heavy (non-hydrogen) atoms. The van der Waals surface area contributed by atoms with E-state index in [1.54, 1.807) is 0 Å². The quantitative estimate of drug-likeness (QED) is 0.690. The van der Waals surface area contributed by atoms with Crippen LogP contribution in [0.25, 0.3) is 11.0 Å². The van der Waals surface area contributed by atoms with Crippen LogP contribution in [0.1, 0.15) is 42.4 Å². The summed E-state index contributed by atoms with van der Waals surface area (Å²) in [4.78, 5) is 12.2. The average Bonchev–Trinajstić information content (AvgIpc) is 3.36. The number of aromatic nitrogens is 3. The summed E-state index contributed by atoms with van der Waals surface area (Å²) in [7, 11) is 2.23. The van der Waals surface area contributed by atoms with Crippen LogP contribution in [0.4, 0.5) is 0 Å². The van der Waals surface area contributed by atoms with Gasteiger partial charge in [0.25, 0.3) is 0 Å². The number of pyridine rings is 1. The second-order valence-electron chi connectivity index (χ2n) is 8.36. The van der Waals surface area contributed by atoms with Gasteiger partial charge in [0.15, 0.2) is 0 Å². The van der Waals surface area contributed by atoms with Crippen molar-refractivity contribution in [1.82, 2.24) is 24.8 Å². The van der Waals surface area contributed by atoms with E-state index in [9.17, 15) is 0 Å². The van der Waals surface area contributed by atoms with Crippen LogP contribution < -0.4 is 5.32 Å². The summed E-state index contributed by atoms with van der Waals surface area (Å²) in [6.45, 7) is 4.16. The van der Waals surface area contributed by atoms with Gasteiger partial charge in [-0.1, -0.05) is 18.2 Å². The van der Waals surface area contributed by atoms with Crippen LogP contribution in [-0.4, -0.2) is 39.6 Å². The Morgan fingerprint density at radius 1 is 1.17 bits per heavy atom. The fourth-order valence-electron chi connectivity index (χ4n) is 4.93. The zero-order valence-electron chi connectivity index (χ0n) is 17.1. The molecule has 1 aromatic carbocycles. The van der Waals surface area contributed by atoms with E-state index in [2.05, 4.69) is 58.2 Å². The fraction of sp³-hybridized carbons (Fsp3) is 0.478. The zero-order valence-corrected chi connectivity index (χ0v) is 17.9. The number of rotatable bonds is 5. The molecule has 1 aliphatic heterocycles. The van der Waals surface area contributed by atoms with Crippen LogP contribution in [0.5, 0.6) is 0 Å². The minimum absolute atomic E-state index is 0. The summed E-state index contributed by atoms with van der Waals surface area (Å²) in [5.41, 5.74) is 5.05. The number of para-hydroxylation sites is 2. The highest BCUT2D eigenvalue weighted by Crippen LogP contribution is 2.33. The monoisotopic (exact) mass is 411 g/mol. The lowest BCUT2D eigenvalue weighted by Crippen LogP contribution is -2.30. The Morgan fingerprint density at radius 2 is 2.07 bits per heavy atom. The summed E-state index contributed by atoms with van der Waals surface area (Å²) < 4.78 is 2.46. The average molecular weight is 412 g/mol. The van der Waals surface area contributed by atoms with E-state index in [1.807, 2.05) is 6.20 Å². The number of benzene rings is 1. The van der Waals surface area contributed by atoms with Crippen LogP contribution >= 0.6 is 12.4 Å². The van der Waals surface area contributed by atoms with Crippen molar-refractivity contribution in [3.63, 3.8) is 0 Å². The number of hydrogen-bond donors (Lipinski definition) is 1. The van der Waals surface area contributed by atoms with Gasteiger partial charge in [0.1, 0.15) is 5.82 Å². The van der Waals surface area contributed by atoms with Gasteiger partial charge in [0, 0.05) is 12.7 Å². The first-order valence-corrected chi connectivity index (χ1v) is 10.6. The highest BCUT2D eigenvalue weighted by atomic mass is 35.5. The maximum atomic E-state index is 5.03. The molecule has 1 fully saturated rings. The number of nitrogens with zero attached hydrogens (tertiary/aromatic N) is 4. The molecular formula is C23H30ClN5. The number of halogens is 1. The number of hydrogen-bond acceptors (Lipinski definition) is 4. The van der Waals surface area contributed by atoms with E-state index in [0.29, 0.717) is 12.0 Å². The lowest BCUT2D eigenvalue weighted by Gasteiger charge is -2.32. The highest BCUT2D eigenvalue weighted by Gasteiger charge is 2.27. The fourth-order valence-corrected chi connectivity index (χ4v) is 4.93. The third-order valence-electron chi connectivity index (χ3n) is 6.43. The minimum atomic E-state index is 0. The van der Waals surface area contributed by atoms with Crippen molar-refractivity contribution < 1.29 is 0 Å². The first-order valence-electron chi connectivity index (χ1n) is 10.6. The molecule has 3 aromatic rings. The maximum Gasteiger partial charge on any atom is 0.124 e. The van der Waals surface area contributed by atoms with Gasteiger partial charge in [0.2, 0.25) is 0 Å². The lowest BCUT2D eigenvalue weighted by molar-refractivity contribution is 0.200. The van der Waals surface area contributed by atoms with Crippen molar-refractivity contribution in [2.24, 2.45) is 5.92 Å². The van der Waals surface area contributed by atoms with Crippen molar-refractivity contribution >= 4 is 23.4 Å². The molecule has 5 rings (SSSR count). The Morgan fingerprint density at radius 3 is 2.93 bits per heavy atom. The Kier molecular flexibility index (Phi) is 6.18. The number of aryl methyl sites for hydroxylation is 1. The molecule has 5 nitrogen and oxygen atoms in total. The SMILES string of the molecule is CN(Cc1nc2ccccc2n1CC1CCNC1)C1CCCc2cccnc21.Cl. The Balaban J connectivity index is 0.00000205. The van der Waals surface area contributed by atoms with Gasteiger partial charge in [-0.2, -0.15) is 0 Å². The van der Waals surface area contributed by atoms with Gasteiger partial charge >= 0.3 is 0 Å². The molecule has 0 amide bonds. The third kappa shape index (κ3) is 4.04. The van der Waals surface area contributed by atoms with Gasteiger partial charge in [-0.25, -0.2) is 4.98 Å². The van der Waals surface area contributed by atoms with Gasteiger partial charge < -0.3 is 9.88 Å². The maximum absolute atomic E-state index is 5.03. The molecule has 0 spiro atoms. The Bertz CT molecular complexity index is 963. The van der Waals surface area contributed by atoms with Crippen LogP contribution in [0, 0.1) is 5.92 Å². The topological polar surface area (TPSA) is 46.0 Å². The first-order chi connectivity index (χ1) is 13.8. The van der Waals surface area contributed by atoms with Crippen LogP contribution in [0.15, 0.2) is 42.6 Å². The summed E-state index contributed by atoms with van der Waals surface area (Å²) in [5.74, 6) is 1.87. The predicted molar refractivity (Wildman–Crippen MR) is 119 cm³/mol. The Labute approximate surface area is 178 Å². The molecule has 154 valence electrons. The van der Waals surface area contributed by atoms with Crippen molar-refractivity contribution in [1.29, 1.82) is 0 Å². The molecule has 2 unspecified atom stereocenters. The van der Waals surface area contributed by atoms with Crippen molar-refractivity contribution in [2.75, 3.05) is 20.1 Å². The van der Waals surface area contributed by atoms with Gasteiger partial charge in [-0.15, -0.1) is 12.4 Å². The summed E-state index contributed by atoms with van der Waals surface area (Å²) in [5, 5.41) is 3.50. The van der Waals surface area contributed by atoms with Crippen molar-refractivity contribution in [3.8, 4) is 0 Å². The molecule has 1 N–H and O–H groups in total. The molecule has 2 aliphatic rings. The van der Waals surface area contributed by atoms with Crippen LogP contribution in [-0.2, 0) is 19.5 Å². The molecule has 6 heteroatoms. The van der Waals surface area contributed by atoms with Crippen LogP contribution in [0.3, 0.4) is 0 Å². The summed E-state index contributed by atoms with van der Waals surface area (Å²) in [6.07, 6.45) is 6.75.